The molecule has 0 bridgehead atoms. The molecule has 0 aliphatic carbocycles. The van der Waals surface area contributed by atoms with E-state index in [-0.39, 0.29) is 43.4 Å². The summed E-state index contributed by atoms with van der Waals surface area (Å²) in [6, 6.07) is 6.89. The van der Waals surface area contributed by atoms with Gasteiger partial charge in [0.25, 0.3) is 11.8 Å². The molecule has 26 heavy (non-hydrogen) atoms. The highest BCUT2D eigenvalue weighted by molar-refractivity contribution is 7.87. The number of benzene rings is 2. The highest BCUT2D eigenvalue weighted by Gasteiger charge is 2.41. The Morgan fingerprint density at radius 3 is 2.35 bits per heavy atom. The Balaban J connectivity index is 2.13. The third kappa shape index (κ3) is 3.05. The molecule has 2 aromatic carbocycles. The molecule has 6 nitrogen and oxygen atoms in total. The lowest BCUT2D eigenvalue weighted by molar-refractivity contribution is 0.0926. The topological polar surface area (TPSA) is 80.8 Å². The van der Waals surface area contributed by atoms with Crippen molar-refractivity contribution in [3.63, 3.8) is 0 Å². The maximum atomic E-state index is 12.8. The molecule has 2 aromatic rings. The first-order chi connectivity index (χ1) is 12.2. The second kappa shape index (κ2) is 6.74. The van der Waals surface area contributed by atoms with Crippen LogP contribution in [-0.4, -0.2) is 26.0 Å². The summed E-state index contributed by atoms with van der Waals surface area (Å²) in [4.78, 5) is 26.4. The van der Waals surface area contributed by atoms with E-state index in [0.29, 0.717) is 0 Å². The van der Waals surface area contributed by atoms with E-state index in [4.69, 9.17) is 39.0 Å². The fourth-order valence-electron chi connectivity index (χ4n) is 2.43. The highest BCUT2D eigenvalue weighted by Crippen LogP contribution is 2.42. The van der Waals surface area contributed by atoms with E-state index in [1.807, 2.05) is 0 Å². The molecule has 1 heterocycles. The van der Waals surface area contributed by atoms with Crippen LogP contribution < -0.4 is 9.08 Å². The maximum absolute atomic E-state index is 12.8. The van der Waals surface area contributed by atoms with E-state index in [1.165, 1.54) is 37.3 Å². The molecule has 0 aromatic heterocycles. The smallest absolute Gasteiger partial charge is 0.308 e. The molecule has 136 valence electrons. The van der Waals surface area contributed by atoms with Gasteiger partial charge in [0.2, 0.25) is 0 Å². The second-order valence-electron chi connectivity index (χ2n) is 5.25. The van der Waals surface area contributed by atoms with Crippen LogP contribution in [0.3, 0.4) is 0 Å². The number of anilines is 1. The third-order valence-corrected chi connectivity index (χ3v) is 6.13. The van der Waals surface area contributed by atoms with Crippen molar-refractivity contribution in [2.24, 2.45) is 0 Å². The molecule has 0 atom stereocenters. The molecular formula is C16H10Cl3NO5S. The van der Waals surface area contributed by atoms with E-state index in [0.717, 1.165) is 4.90 Å². The maximum Gasteiger partial charge on any atom is 0.308 e. The molecule has 2 amide bonds. The summed E-state index contributed by atoms with van der Waals surface area (Å²) in [5, 5.41) is 0.0832. The van der Waals surface area contributed by atoms with Crippen LogP contribution in [0.1, 0.15) is 27.6 Å². The predicted molar refractivity (Wildman–Crippen MR) is 99.1 cm³/mol. The number of hydrogen-bond donors (Lipinski definition) is 0. The average Bonchev–Trinajstić information content (AvgIpc) is 2.85. The number of imide groups is 1. The molecule has 0 unspecified atom stereocenters. The van der Waals surface area contributed by atoms with Crippen molar-refractivity contribution in [3.8, 4) is 5.75 Å². The number of carbonyl (C=O) groups is 2. The van der Waals surface area contributed by atoms with Crippen molar-refractivity contribution >= 4 is 62.4 Å². The van der Waals surface area contributed by atoms with Gasteiger partial charge in [0.05, 0.1) is 37.6 Å². The lowest BCUT2D eigenvalue weighted by Gasteiger charge is -2.16. The van der Waals surface area contributed by atoms with Crippen molar-refractivity contribution in [1.29, 1.82) is 0 Å². The van der Waals surface area contributed by atoms with Crippen LogP contribution in [0.4, 0.5) is 5.69 Å². The van der Waals surface area contributed by atoms with Crippen LogP contribution >= 0.6 is 34.8 Å². The molecule has 10 heteroatoms. The number of nitrogens with zero attached hydrogens (tertiary/aromatic N) is 1. The van der Waals surface area contributed by atoms with Crippen molar-refractivity contribution < 1.29 is 22.2 Å². The summed E-state index contributed by atoms with van der Waals surface area (Å²) in [6.45, 7) is 1.40. The van der Waals surface area contributed by atoms with Gasteiger partial charge in [-0.05, 0) is 31.2 Å². The first kappa shape index (κ1) is 19.0. The number of fused-ring (bicyclic) bond motifs is 1. The summed E-state index contributed by atoms with van der Waals surface area (Å²) >= 11 is 18.0. The Bertz CT molecular complexity index is 1050. The molecule has 0 radical (unpaired) electrons. The lowest BCUT2D eigenvalue weighted by Crippen LogP contribution is -2.29. The van der Waals surface area contributed by atoms with Crippen LogP contribution in [0.5, 0.6) is 5.75 Å². The van der Waals surface area contributed by atoms with Gasteiger partial charge >= 0.3 is 10.1 Å². The zero-order chi connectivity index (χ0) is 19.2. The van der Waals surface area contributed by atoms with Crippen molar-refractivity contribution in [2.75, 3.05) is 10.7 Å². The SMILES string of the molecule is CCS(=O)(=O)Oc1cccc2c1C(=O)N(c1ccc(Cl)c(Cl)c1Cl)C2=O. The highest BCUT2D eigenvalue weighted by atomic mass is 35.5. The summed E-state index contributed by atoms with van der Waals surface area (Å²) < 4.78 is 28.5. The molecule has 0 N–H and O–H groups in total. The van der Waals surface area contributed by atoms with Gasteiger partial charge in [0.1, 0.15) is 0 Å². The van der Waals surface area contributed by atoms with E-state index < -0.39 is 21.9 Å². The fraction of sp³-hybridized carbons (Fsp3) is 0.125. The Kier molecular flexibility index (Phi) is 4.92. The van der Waals surface area contributed by atoms with Crippen LogP contribution in [0, 0.1) is 0 Å². The molecule has 1 aliphatic rings. The van der Waals surface area contributed by atoms with Gasteiger partial charge in [0.15, 0.2) is 5.75 Å². The standard InChI is InChI=1S/C16H10Cl3NO5S/c1-2-26(23,24)25-11-5-3-4-8-12(11)16(22)20(15(8)21)10-7-6-9(17)13(18)14(10)19/h3-7H,2H2,1H3. The monoisotopic (exact) mass is 433 g/mol. The Labute approximate surface area is 164 Å². The zero-order valence-electron chi connectivity index (χ0n) is 13.1. The van der Waals surface area contributed by atoms with E-state index in [9.17, 15) is 18.0 Å². The normalized spacial score (nSPS) is 13.9. The predicted octanol–water partition coefficient (Wildman–Crippen LogP) is 4.18. The Hall–Kier alpha value is -1.80. The molecule has 0 saturated heterocycles. The summed E-state index contributed by atoms with van der Waals surface area (Å²) in [6.07, 6.45) is 0. The number of carbonyl (C=O) groups excluding carboxylic acids is 2. The minimum atomic E-state index is -3.88. The van der Waals surface area contributed by atoms with Crippen LogP contribution in [0.2, 0.25) is 15.1 Å². The van der Waals surface area contributed by atoms with Crippen molar-refractivity contribution in [3.05, 3.63) is 56.5 Å². The molecular weight excluding hydrogens is 425 g/mol. The van der Waals surface area contributed by atoms with Crippen LogP contribution in [-0.2, 0) is 10.1 Å². The van der Waals surface area contributed by atoms with Gasteiger partial charge in [-0.15, -0.1) is 0 Å². The number of rotatable bonds is 4. The lowest BCUT2D eigenvalue weighted by atomic mass is 10.1. The number of halogens is 3. The fourth-order valence-corrected chi connectivity index (χ4v) is 3.57. The summed E-state index contributed by atoms with van der Waals surface area (Å²) in [5.74, 6) is -1.96. The van der Waals surface area contributed by atoms with Crippen LogP contribution in [0.25, 0.3) is 0 Å². The summed E-state index contributed by atoms with van der Waals surface area (Å²) in [5.41, 5.74) is -0.117. The van der Waals surface area contributed by atoms with E-state index in [2.05, 4.69) is 0 Å². The minimum absolute atomic E-state index is 0.000872. The van der Waals surface area contributed by atoms with Gasteiger partial charge in [-0.3, -0.25) is 9.59 Å². The minimum Gasteiger partial charge on any atom is -0.382 e. The molecule has 0 saturated carbocycles. The number of amides is 2. The van der Waals surface area contributed by atoms with Crippen molar-refractivity contribution in [1.82, 2.24) is 0 Å². The molecule has 3 rings (SSSR count). The quantitative estimate of drug-likeness (QED) is 0.410. The first-order valence-electron chi connectivity index (χ1n) is 7.25. The van der Waals surface area contributed by atoms with E-state index >= 15 is 0 Å². The zero-order valence-corrected chi connectivity index (χ0v) is 16.2. The number of hydrogen-bond acceptors (Lipinski definition) is 5. The Morgan fingerprint density at radius 1 is 1.00 bits per heavy atom. The second-order valence-corrected chi connectivity index (χ2v) is 8.27. The van der Waals surface area contributed by atoms with Crippen molar-refractivity contribution in [2.45, 2.75) is 6.92 Å². The van der Waals surface area contributed by atoms with Crippen LogP contribution in [0.15, 0.2) is 30.3 Å². The summed E-state index contributed by atoms with van der Waals surface area (Å²) in [7, 11) is -3.88. The first-order valence-corrected chi connectivity index (χ1v) is 9.96. The Morgan fingerprint density at radius 2 is 1.69 bits per heavy atom. The van der Waals surface area contributed by atoms with Gasteiger partial charge in [-0.2, -0.15) is 8.42 Å². The van der Waals surface area contributed by atoms with Gasteiger partial charge in [0, 0.05) is 0 Å². The van der Waals surface area contributed by atoms with E-state index in [1.54, 1.807) is 0 Å². The van der Waals surface area contributed by atoms with Gasteiger partial charge < -0.3 is 4.18 Å². The third-order valence-electron chi connectivity index (χ3n) is 3.70. The largest absolute Gasteiger partial charge is 0.382 e. The molecule has 1 aliphatic heterocycles. The molecule has 0 fully saturated rings. The van der Waals surface area contributed by atoms with Gasteiger partial charge in [-0.25, -0.2) is 4.90 Å². The van der Waals surface area contributed by atoms with Gasteiger partial charge in [-0.1, -0.05) is 40.9 Å². The average molecular weight is 435 g/mol. The molecule has 0 spiro atoms.